The molecule has 1 aliphatic heterocycles. The normalized spacial score (nSPS) is 16.6. The summed E-state index contributed by atoms with van der Waals surface area (Å²) in [5, 5.41) is 43.2. The molecule has 0 amide bonds. The first-order valence-corrected chi connectivity index (χ1v) is 9.16. The third-order valence-electron chi connectivity index (χ3n) is 4.04. The first-order chi connectivity index (χ1) is 13.9. The second-order valence-electron chi connectivity index (χ2n) is 6.85. The Kier molecular flexibility index (Phi) is 12.9. The van der Waals surface area contributed by atoms with Crippen molar-refractivity contribution in [2.45, 2.75) is 32.2 Å². The minimum atomic E-state index is -1.14. The minimum Gasteiger partial charge on any atom is -0.481 e. The number of carbonyl (C=O) groups is 5. The Bertz CT molecular complexity index is 531. The summed E-state index contributed by atoms with van der Waals surface area (Å²) in [6.07, 6.45) is 2.43. The fourth-order valence-corrected chi connectivity index (χ4v) is 3.11. The predicted octanol–water partition coefficient (Wildman–Crippen LogP) is -1.17. The summed E-state index contributed by atoms with van der Waals surface area (Å²) in [4.78, 5) is 57.3. The lowest BCUT2D eigenvalue weighted by molar-refractivity contribution is -0.145. The number of aliphatic carboxylic acids is 5. The number of nitrogens with zero attached hydrogens (tertiary/aromatic N) is 3. The molecular formula is C17H29N3O10. The number of rotatable bonds is 12. The number of likely N-dealkylation sites (tertiary alicyclic amines) is 1. The molecule has 1 aliphatic rings. The summed E-state index contributed by atoms with van der Waals surface area (Å²) in [7, 11) is 0. The zero-order valence-corrected chi connectivity index (χ0v) is 16.8. The molecule has 0 aromatic rings. The molecular weight excluding hydrogens is 406 g/mol. The van der Waals surface area contributed by atoms with Gasteiger partial charge in [0.2, 0.25) is 0 Å². The molecule has 1 unspecified atom stereocenters. The molecule has 1 atom stereocenters. The predicted molar refractivity (Wildman–Crippen MR) is 101 cm³/mol. The maximum absolute atomic E-state index is 10.9. The lowest BCUT2D eigenvalue weighted by atomic mass is 10.0. The van der Waals surface area contributed by atoms with Gasteiger partial charge in [-0.1, -0.05) is 6.42 Å². The van der Waals surface area contributed by atoms with Gasteiger partial charge in [0.1, 0.15) is 0 Å². The molecule has 1 heterocycles. The van der Waals surface area contributed by atoms with Crippen molar-refractivity contribution < 1.29 is 49.5 Å². The molecule has 0 saturated carbocycles. The van der Waals surface area contributed by atoms with E-state index in [1.807, 2.05) is 4.90 Å². The molecule has 13 heteroatoms. The van der Waals surface area contributed by atoms with Crippen molar-refractivity contribution in [3.63, 3.8) is 0 Å². The first kappa shape index (κ1) is 27.2. The Morgan fingerprint density at radius 3 is 1.57 bits per heavy atom. The molecule has 0 aromatic carbocycles. The molecule has 1 saturated heterocycles. The van der Waals surface area contributed by atoms with Crippen molar-refractivity contribution in [3.8, 4) is 0 Å². The summed E-state index contributed by atoms with van der Waals surface area (Å²) >= 11 is 0. The van der Waals surface area contributed by atoms with E-state index in [2.05, 4.69) is 0 Å². The highest BCUT2D eigenvalue weighted by Crippen LogP contribution is 2.18. The van der Waals surface area contributed by atoms with Crippen LogP contribution in [-0.4, -0.2) is 122 Å². The van der Waals surface area contributed by atoms with Crippen LogP contribution in [0.2, 0.25) is 0 Å². The van der Waals surface area contributed by atoms with E-state index in [-0.39, 0.29) is 19.3 Å². The van der Waals surface area contributed by atoms with Crippen LogP contribution in [0.25, 0.3) is 0 Å². The van der Waals surface area contributed by atoms with Gasteiger partial charge >= 0.3 is 23.9 Å². The molecule has 13 nitrogen and oxygen atoms in total. The van der Waals surface area contributed by atoms with Crippen LogP contribution < -0.4 is 0 Å². The van der Waals surface area contributed by atoms with Crippen LogP contribution in [0.3, 0.4) is 0 Å². The number of hydrogen-bond acceptors (Lipinski definition) is 8. The van der Waals surface area contributed by atoms with Crippen LogP contribution in [-0.2, 0) is 24.0 Å². The Morgan fingerprint density at radius 1 is 0.767 bits per heavy atom. The SMILES string of the molecule is CC(=O)O.O=C(O)CN(CC(=O)O)CC1CCCCN1CN(CC(=O)O)CC(=O)O. The molecule has 172 valence electrons. The summed E-state index contributed by atoms with van der Waals surface area (Å²) in [6.45, 7) is 0.320. The topological polar surface area (TPSA) is 196 Å². The quantitative estimate of drug-likeness (QED) is 0.246. The van der Waals surface area contributed by atoms with E-state index in [0.717, 1.165) is 19.8 Å². The van der Waals surface area contributed by atoms with Gasteiger partial charge in [0.15, 0.2) is 0 Å². The Labute approximate surface area is 173 Å². The summed E-state index contributed by atoms with van der Waals surface area (Å²) in [5.41, 5.74) is 0. The highest BCUT2D eigenvalue weighted by molar-refractivity contribution is 5.73. The van der Waals surface area contributed by atoms with Crippen molar-refractivity contribution in [3.05, 3.63) is 0 Å². The maximum Gasteiger partial charge on any atom is 0.317 e. The molecule has 0 radical (unpaired) electrons. The second kappa shape index (κ2) is 14.3. The zero-order valence-electron chi connectivity index (χ0n) is 16.8. The minimum absolute atomic E-state index is 0.108. The summed E-state index contributed by atoms with van der Waals surface area (Å²) in [5.74, 6) is -5.38. The lowest BCUT2D eigenvalue weighted by Crippen LogP contribution is -2.53. The molecule has 1 fully saturated rings. The highest BCUT2D eigenvalue weighted by Gasteiger charge is 2.28. The van der Waals surface area contributed by atoms with Crippen molar-refractivity contribution >= 4 is 29.8 Å². The van der Waals surface area contributed by atoms with E-state index >= 15 is 0 Å². The number of carboxylic acids is 5. The van der Waals surface area contributed by atoms with Gasteiger partial charge in [-0.15, -0.1) is 0 Å². The van der Waals surface area contributed by atoms with Crippen LogP contribution in [0.15, 0.2) is 0 Å². The molecule has 0 bridgehead atoms. The van der Waals surface area contributed by atoms with Gasteiger partial charge in [0, 0.05) is 19.5 Å². The Hall–Kier alpha value is -2.77. The van der Waals surface area contributed by atoms with Crippen molar-refractivity contribution in [2.24, 2.45) is 0 Å². The fraction of sp³-hybridized carbons (Fsp3) is 0.706. The fourth-order valence-electron chi connectivity index (χ4n) is 3.11. The van der Waals surface area contributed by atoms with E-state index in [0.29, 0.717) is 13.0 Å². The van der Waals surface area contributed by atoms with Crippen LogP contribution in [0.1, 0.15) is 26.2 Å². The van der Waals surface area contributed by atoms with Crippen molar-refractivity contribution in [2.75, 3.05) is 45.9 Å². The highest BCUT2D eigenvalue weighted by atomic mass is 16.4. The Balaban J connectivity index is 0.00000192. The molecule has 0 aliphatic carbocycles. The van der Waals surface area contributed by atoms with Crippen molar-refractivity contribution in [1.82, 2.24) is 14.7 Å². The average molecular weight is 435 g/mol. The third-order valence-corrected chi connectivity index (χ3v) is 4.04. The third kappa shape index (κ3) is 14.3. The summed E-state index contributed by atoms with van der Waals surface area (Å²) in [6, 6.07) is -0.174. The average Bonchev–Trinajstić information content (AvgIpc) is 2.53. The molecule has 0 aromatic heterocycles. The van der Waals surface area contributed by atoms with E-state index in [4.69, 9.17) is 30.3 Å². The van der Waals surface area contributed by atoms with Crippen LogP contribution in [0, 0.1) is 0 Å². The van der Waals surface area contributed by atoms with Crippen LogP contribution in [0.5, 0.6) is 0 Å². The van der Waals surface area contributed by atoms with Crippen LogP contribution in [0.4, 0.5) is 0 Å². The van der Waals surface area contributed by atoms with E-state index in [1.165, 1.54) is 9.80 Å². The van der Waals surface area contributed by atoms with Gasteiger partial charge in [-0.3, -0.25) is 38.7 Å². The van der Waals surface area contributed by atoms with E-state index in [1.54, 1.807) is 0 Å². The summed E-state index contributed by atoms with van der Waals surface area (Å²) < 4.78 is 0. The van der Waals surface area contributed by atoms with Gasteiger partial charge in [0.05, 0.1) is 32.8 Å². The van der Waals surface area contributed by atoms with Crippen molar-refractivity contribution in [1.29, 1.82) is 0 Å². The van der Waals surface area contributed by atoms with Gasteiger partial charge in [-0.05, 0) is 19.4 Å². The zero-order chi connectivity index (χ0) is 23.3. The Morgan fingerprint density at radius 2 is 1.17 bits per heavy atom. The van der Waals surface area contributed by atoms with Gasteiger partial charge < -0.3 is 25.5 Å². The largest absolute Gasteiger partial charge is 0.481 e. The number of hydrogen-bond donors (Lipinski definition) is 5. The number of carboxylic acid groups (broad SMARTS) is 5. The standard InChI is InChI=1S/C15H25N3O8.C2H4O2/c19-12(20)6-16(7-13(21)22)5-11-3-1-2-4-18(11)10-17(8-14(23)24)9-15(25)26;1-2(3)4/h11H,1-10H2,(H,19,20)(H,21,22)(H,23,24)(H,25,26);1H3,(H,3,4). The van der Waals surface area contributed by atoms with Gasteiger partial charge in [-0.2, -0.15) is 0 Å². The number of piperidine rings is 1. The smallest absolute Gasteiger partial charge is 0.317 e. The monoisotopic (exact) mass is 435 g/mol. The molecule has 0 spiro atoms. The lowest BCUT2D eigenvalue weighted by Gasteiger charge is -2.40. The molecule has 5 N–H and O–H groups in total. The molecule has 30 heavy (non-hydrogen) atoms. The maximum atomic E-state index is 10.9. The molecule has 1 rings (SSSR count). The van der Waals surface area contributed by atoms with Crippen LogP contribution >= 0.6 is 0 Å². The van der Waals surface area contributed by atoms with E-state index < -0.39 is 56.0 Å². The van der Waals surface area contributed by atoms with Gasteiger partial charge in [-0.25, -0.2) is 0 Å². The first-order valence-electron chi connectivity index (χ1n) is 9.16. The van der Waals surface area contributed by atoms with E-state index in [9.17, 15) is 19.2 Å². The second-order valence-corrected chi connectivity index (χ2v) is 6.85. The van der Waals surface area contributed by atoms with Gasteiger partial charge in [0.25, 0.3) is 5.97 Å².